The first-order valence-electron chi connectivity index (χ1n) is 11.1. The van der Waals surface area contributed by atoms with Gasteiger partial charge in [-0.1, -0.05) is 0 Å². The number of rotatable bonds is 2. The fourth-order valence-corrected chi connectivity index (χ4v) is 4.03. The molecule has 2 aromatic carbocycles. The van der Waals surface area contributed by atoms with E-state index in [1.54, 1.807) is 0 Å². The molecule has 0 radical (unpaired) electrons. The van der Waals surface area contributed by atoms with E-state index in [9.17, 15) is 0 Å². The molecule has 0 atom stereocenters. The van der Waals surface area contributed by atoms with Crippen molar-refractivity contribution in [2.45, 2.75) is 39.5 Å². The van der Waals surface area contributed by atoms with Gasteiger partial charge in [0.2, 0.25) is 10.8 Å². The normalized spacial score (nSPS) is 15.0. The Hall–Kier alpha value is -1.34. The molecule has 2 fully saturated rings. The Bertz CT molecular complexity index is 922. The molecule has 2 saturated heterocycles. The summed E-state index contributed by atoms with van der Waals surface area (Å²) in [5, 5.41) is 17.3. The van der Waals surface area contributed by atoms with Gasteiger partial charge in [0.05, 0.1) is 0 Å². The molecule has 0 aromatic heterocycles. The van der Waals surface area contributed by atoms with Crippen LogP contribution in [0.5, 0.6) is 0 Å². The molecule has 0 bridgehead atoms. The van der Waals surface area contributed by atoms with E-state index < -0.39 is 10.8 Å². The van der Waals surface area contributed by atoms with Crippen molar-refractivity contribution in [3.8, 4) is 0 Å². The molecule has 2 aromatic rings. The molecule has 0 saturated carbocycles. The fourth-order valence-electron chi connectivity index (χ4n) is 4.03. The SMILES string of the molecule is Cc1cc([N+]#N)ccc1N1CCCC1.Cc1cc([N+]#N)ccc1N1CCCC1.[Cl][Zn-2]([Cl])([Cl])[Cl]. The first-order valence-corrected chi connectivity index (χ1v) is 26.7. The van der Waals surface area contributed by atoms with E-state index in [0.29, 0.717) is 11.4 Å². The van der Waals surface area contributed by atoms with Crippen LogP contribution >= 0.6 is 38.8 Å². The molecule has 11 heteroatoms. The first kappa shape index (κ1) is 27.9. The van der Waals surface area contributed by atoms with E-state index in [0.717, 1.165) is 26.2 Å². The topological polar surface area (TPSA) is 62.8 Å². The average molecular weight is 584 g/mol. The predicted octanol–water partition coefficient (Wildman–Crippen LogP) is 8.92. The maximum atomic E-state index is 8.63. The van der Waals surface area contributed by atoms with E-state index in [2.05, 4.69) is 33.6 Å². The number of diazo groups is 2. The Morgan fingerprint density at radius 3 is 1.21 bits per heavy atom. The molecular weight excluding hydrogens is 555 g/mol. The summed E-state index contributed by atoms with van der Waals surface area (Å²) in [4.78, 5) is 11.1. The number of nitrogens with zero attached hydrogens (tertiary/aromatic N) is 6. The van der Waals surface area contributed by atoms with Gasteiger partial charge in [-0.05, 0) is 62.8 Å². The zero-order chi connectivity index (χ0) is 24.4. The molecule has 2 aliphatic heterocycles. The number of hydrogen-bond acceptors (Lipinski definition) is 4. The van der Waals surface area contributed by atoms with Crippen LogP contribution in [0.25, 0.3) is 9.95 Å². The minimum atomic E-state index is -3.36. The molecule has 0 aliphatic carbocycles. The van der Waals surface area contributed by atoms with Gasteiger partial charge in [-0.2, -0.15) is 0 Å². The predicted molar refractivity (Wildman–Crippen MR) is 138 cm³/mol. The zero-order valence-electron chi connectivity index (χ0n) is 19.0. The van der Waals surface area contributed by atoms with Crippen molar-refractivity contribution in [2.75, 3.05) is 36.0 Å². The average Bonchev–Trinajstić information content (AvgIpc) is 3.47. The van der Waals surface area contributed by atoms with Gasteiger partial charge in [0, 0.05) is 61.8 Å². The summed E-state index contributed by atoms with van der Waals surface area (Å²) in [7, 11) is 16.8. The van der Waals surface area contributed by atoms with Crippen molar-refractivity contribution >= 4 is 61.5 Å². The van der Waals surface area contributed by atoms with Gasteiger partial charge in [-0.25, -0.2) is 0 Å². The molecular formula is C22H28Cl4N6Zn. The van der Waals surface area contributed by atoms with Crippen molar-refractivity contribution in [1.29, 1.82) is 10.8 Å². The minimum absolute atomic E-state index is 0.630. The van der Waals surface area contributed by atoms with Crippen LogP contribution in [0.3, 0.4) is 0 Å². The van der Waals surface area contributed by atoms with Crippen LogP contribution in [0, 0.1) is 24.6 Å². The van der Waals surface area contributed by atoms with Crippen molar-refractivity contribution in [3.05, 3.63) is 57.5 Å². The van der Waals surface area contributed by atoms with E-state index >= 15 is 0 Å². The summed E-state index contributed by atoms with van der Waals surface area (Å²) in [6.07, 6.45) is 5.13. The summed E-state index contributed by atoms with van der Waals surface area (Å²) >= 11 is 0. The summed E-state index contributed by atoms with van der Waals surface area (Å²) in [6, 6.07) is 11.6. The third-order valence-corrected chi connectivity index (χ3v) is 5.49. The molecule has 2 heterocycles. The van der Waals surface area contributed by atoms with Crippen LogP contribution in [-0.4, -0.2) is 26.2 Å². The second kappa shape index (κ2) is 13.5. The van der Waals surface area contributed by atoms with E-state index in [1.807, 2.05) is 36.4 Å². The first-order chi connectivity index (χ1) is 15.6. The molecule has 176 valence electrons. The number of hydrogen-bond donors (Lipinski definition) is 0. The Morgan fingerprint density at radius 2 is 0.970 bits per heavy atom. The van der Waals surface area contributed by atoms with Crippen LogP contribution in [-0.2, 0) is 10.8 Å². The summed E-state index contributed by atoms with van der Waals surface area (Å²) in [5.41, 5.74) is 6.17. The van der Waals surface area contributed by atoms with Gasteiger partial charge < -0.3 is 9.80 Å². The molecule has 0 spiro atoms. The Labute approximate surface area is 215 Å². The van der Waals surface area contributed by atoms with Crippen molar-refractivity contribution in [1.82, 2.24) is 0 Å². The van der Waals surface area contributed by atoms with Crippen LogP contribution in [0.15, 0.2) is 36.4 Å². The zero-order valence-corrected chi connectivity index (χ0v) is 25.0. The molecule has 6 nitrogen and oxygen atoms in total. The van der Waals surface area contributed by atoms with Gasteiger partial charge in [0.1, 0.15) is 0 Å². The van der Waals surface area contributed by atoms with Crippen LogP contribution in [0.2, 0.25) is 0 Å². The monoisotopic (exact) mass is 580 g/mol. The number of benzene rings is 2. The van der Waals surface area contributed by atoms with Gasteiger partial charge in [-0.3, -0.25) is 0 Å². The summed E-state index contributed by atoms with van der Waals surface area (Å²) in [6.45, 7) is 8.71. The number of aryl methyl sites for hydroxylation is 2. The standard InChI is InChI=1S/2C11H14N3.4ClH.Zn/c2*1-9-8-10(13-12)4-5-11(9)14-6-2-3-7-14;;;;;/h2*4-5,8H,2-3,6-7H2,1H3;4*1H;/q2*+1;;;;;+2/p-4. The van der Waals surface area contributed by atoms with Crippen LogP contribution < -0.4 is 9.80 Å². The van der Waals surface area contributed by atoms with Crippen molar-refractivity contribution in [3.63, 3.8) is 0 Å². The fraction of sp³-hybridized carbons (Fsp3) is 0.455. The van der Waals surface area contributed by atoms with Gasteiger partial charge in [-0.15, -0.1) is 0 Å². The van der Waals surface area contributed by atoms with Crippen LogP contribution in [0.1, 0.15) is 36.8 Å². The summed E-state index contributed by atoms with van der Waals surface area (Å²) < 4.78 is 0. The van der Waals surface area contributed by atoms with E-state index in [1.165, 1.54) is 48.2 Å². The number of halogens is 4. The molecule has 33 heavy (non-hydrogen) atoms. The van der Waals surface area contributed by atoms with E-state index in [4.69, 9.17) is 49.5 Å². The Kier molecular flexibility index (Phi) is 11.4. The second-order valence-corrected chi connectivity index (χ2v) is 35.9. The van der Waals surface area contributed by atoms with Crippen molar-refractivity contribution < 1.29 is 10.8 Å². The van der Waals surface area contributed by atoms with Crippen LogP contribution in [0.4, 0.5) is 22.7 Å². The maximum absolute atomic E-state index is 8.63. The second-order valence-electron chi connectivity index (χ2n) is 8.14. The Morgan fingerprint density at radius 1 is 0.667 bits per heavy atom. The Balaban J connectivity index is 0.000000195. The third kappa shape index (κ3) is 9.81. The van der Waals surface area contributed by atoms with Gasteiger partial charge in [0.25, 0.3) is 0 Å². The van der Waals surface area contributed by atoms with Gasteiger partial charge >= 0.3 is 61.0 Å². The molecule has 4 rings (SSSR count). The molecule has 0 amide bonds. The van der Waals surface area contributed by atoms with E-state index in [-0.39, 0.29) is 0 Å². The van der Waals surface area contributed by atoms with Gasteiger partial charge in [0.15, 0.2) is 9.95 Å². The molecule has 0 N–H and O–H groups in total. The third-order valence-electron chi connectivity index (χ3n) is 5.49. The molecule has 2 aliphatic rings. The molecule has 0 unspecified atom stereocenters. The summed E-state index contributed by atoms with van der Waals surface area (Å²) in [5.74, 6) is 0. The quantitative estimate of drug-likeness (QED) is 0.262. The van der Waals surface area contributed by atoms with Crippen molar-refractivity contribution in [2.24, 2.45) is 0 Å². The number of anilines is 2.